The smallest absolute Gasteiger partial charge is 0.121 e. The third-order valence-corrected chi connectivity index (χ3v) is 6.03. The Labute approximate surface area is 126 Å². The van der Waals surface area contributed by atoms with E-state index in [0.717, 1.165) is 32.5 Å². The van der Waals surface area contributed by atoms with Crippen LogP contribution in [0, 0.1) is 10.8 Å². The van der Waals surface area contributed by atoms with Crippen LogP contribution in [0.2, 0.25) is 0 Å². The van der Waals surface area contributed by atoms with E-state index in [1.165, 1.54) is 10.0 Å². The zero-order chi connectivity index (χ0) is 14.8. The summed E-state index contributed by atoms with van der Waals surface area (Å²) in [6.07, 6.45) is 2.13. The van der Waals surface area contributed by atoms with Crippen molar-refractivity contribution in [2.24, 2.45) is 10.8 Å². The van der Waals surface area contributed by atoms with Gasteiger partial charge < -0.3 is 10.1 Å². The van der Waals surface area contributed by atoms with E-state index in [-0.39, 0.29) is 0 Å². The highest BCUT2D eigenvalue weighted by Gasteiger charge is 2.66. The van der Waals surface area contributed by atoms with Gasteiger partial charge in [-0.25, -0.2) is 0 Å². The van der Waals surface area contributed by atoms with Crippen LogP contribution in [0.25, 0.3) is 0 Å². The zero-order valence-corrected chi connectivity index (χ0v) is 14.1. The van der Waals surface area contributed by atoms with E-state index in [1.54, 1.807) is 18.4 Å². The molecule has 0 aliphatic heterocycles. The fourth-order valence-corrected chi connectivity index (χ4v) is 4.32. The van der Waals surface area contributed by atoms with Crippen molar-refractivity contribution < 1.29 is 4.74 Å². The Morgan fingerprint density at radius 2 is 1.85 bits per heavy atom. The fourth-order valence-electron chi connectivity index (χ4n) is 2.96. The quantitative estimate of drug-likeness (QED) is 0.750. The number of hydrogen-bond donors (Lipinski definition) is 1. The van der Waals surface area contributed by atoms with Crippen LogP contribution in [0.1, 0.15) is 50.0 Å². The molecule has 0 atom stereocenters. The summed E-state index contributed by atoms with van der Waals surface area (Å²) < 4.78 is 5.00. The molecule has 4 nitrogen and oxygen atoms in total. The summed E-state index contributed by atoms with van der Waals surface area (Å²) in [6.45, 7) is 12.0. The first-order chi connectivity index (χ1) is 9.41. The number of methoxy groups -OCH3 is 1. The molecule has 1 aromatic heterocycles. The number of nitrogens with one attached hydrogen (secondary N) is 1. The third kappa shape index (κ3) is 3.05. The van der Waals surface area contributed by atoms with Gasteiger partial charge in [-0.1, -0.05) is 27.7 Å². The van der Waals surface area contributed by atoms with E-state index in [9.17, 15) is 0 Å². The van der Waals surface area contributed by atoms with Crippen molar-refractivity contribution in [1.29, 1.82) is 0 Å². The van der Waals surface area contributed by atoms with Crippen molar-refractivity contribution >= 4 is 11.3 Å². The maximum atomic E-state index is 5.00. The lowest BCUT2D eigenvalue weighted by molar-refractivity contribution is 0.199. The standard InChI is InChI=1S/C15H27N3OS/c1-14(2)12(15(14,3)4)13-18-17-11(20-13)7-6-8-16-9-10-19-5/h12,16H,6-10H2,1-5H3. The highest BCUT2D eigenvalue weighted by Crippen LogP contribution is 2.73. The fraction of sp³-hybridized carbons (Fsp3) is 0.867. The molecule has 1 saturated carbocycles. The average molecular weight is 297 g/mol. The molecular formula is C15H27N3OS. The topological polar surface area (TPSA) is 47.0 Å². The predicted octanol–water partition coefficient (Wildman–Crippen LogP) is 2.86. The Morgan fingerprint density at radius 1 is 1.15 bits per heavy atom. The summed E-state index contributed by atoms with van der Waals surface area (Å²) in [7, 11) is 1.73. The SMILES string of the molecule is COCCNCCCc1nnc(C2C(C)(C)C2(C)C)s1. The molecule has 0 amide bonds. The Bertz CT molecular complexity index is 428. The minimum atomic E-state index is 0.353. The van der Waals surface area contributed by atoms with Gasteiger partial charge in [0.15, 0.2) is 0 Å². The van der Waals surface area contributed by atoms with E-state index < -0.39 is 0 Å². The molecule has 20 heavy (non-hydrogen) atoms. The van der Waals surface area contributed by atoms with Crippen molar-refractivity contribution in [2.45, 2.75) is 46.5 Å². The van der Waals surface area contributed by atoms with Gasteiger partial charge in [0.05, 0.1) is 6.61 Å². The zero-order valence-electron chi connectivity index (χ0n) is 13.3. The second kappa shape index (κ2) is 6.08. The van der Waals surface area contributed by atoms with Gasteiger partial charge in [0, 0.05) is 26.0 Å². The summed E-state index contributed by atoms with van der Waals surface area (Å²) in [4.78, 5) is 0. The normalized spacial score (nSPS) is 20.2. The van der Waals surface area contributed by atoms with Crippen LogP contribution in [0.5, 0.6) is 0 Å². The van der Waals surface area contributed by atoms with Gasteiger partial charge in [-0.3, -0.25) is 0 Å². The minimum absolute atomic E-state index is 0.353. The molecule has 1 N–H and O–H groups in total. The molecule has 0 aromatic carbocycles. The second-order valence-corrected chi connectivity index (χ2v) is 7.85. The first kappa shape index (κ1) is 15.9. The van der Waals surface area contributed by atoms with Crippen molar-refractivity contribution in [2.75, 3.05) is 26.8 Å². The van der Waals surface area contributed by atoms with Crippen LogP contribution >= 0.6 is 11.3 Å². The van der Waals surface area contributed by atoms with E-state index in [0.29, 0.717) is 16.7 Å². The number of aryl methyl sites for hydroxylation is 1. The van der Waals surface area contributed by atoms with Crippen LogP contribution in [0.3, 0.4) is 0 Å². The molecule has 0 unspecified atom stereocenters. The minimum Gasteiger partial charge on any atom is -0.383 e. The number of rotatable bonds is 8. The molecule has 1 aromatic rings. The molecule has 0 radical (unpaired) electrons. The summed E-state index contributed by atoms with van der Waals surface area (Å²) in [5.41, 5.74) is 0.705. The van der Waals surface area contributed by atoms with Gasteiger partial charge in [0.2, 0.25) is 0 Å². The van der Waals surface area contributed by atoms with Crippen molar-refractivity contribution in [1.82, 2.24) is 15.5 Å². The highest BCUT2D eigenvalue weighted by atomic mass is 32.1. The van der Waals surface area contributed by atoms with Gasteiger partial charge in [-0.15, -0.1) is 21.5 Å². The molecule has 0 bridgehead atoms. The van der Waals surface area contributed by atoms with Crippen molar-refractivity contribution in [3.8, 4) is 0 Å². The number of hydrogen-bond acceptors (Lipinski definition) is 5. The highest BCUT2D eigenvalue weighted by molar-refractivity contribution is 7.11. The maximum Gasteiger partial charge on any atom is 0.121 e. The van der Waals surface area contributed by atoms with E-state index in [1.807, 2.05) is 0 Å². The summed E-state index contributed by atoms with van der Waals surface area (Å²) >= 11 is 1.80. The van der Waals surface area contributed by atoms with E-state index >= 15 is 0 Å². The van der Waals surface area contributed by atoms with Crippen LogP contribution in [-0.4, -0.2) is 37.0 Å². The molecule has 2 rings (SSSR count). The molecule has 114 valence electrons. The Morgan fingerprint density at radius 3 is 2.45 bits per heavy atom. The van der Waals surface area contributed by atoms with Gasteiger partial charge in [0.1, 0.15) is 10.0 Å². The first-order valence-corrected chi connectivity index (χ1v) is 8.25. The van der Waals surface area contributed by atoms with Gasteiger partial charge in [-0.2, -0.15) is 0 Å². The van der Waals surface area contributed by atoms with Crippen LogP contribution in [0.4, 0.5) is 0 Å². The van der Waals surface area contributed by atoms with Crippen LogP contribution < -0.4 is 5.32 Å². The molecule has 1 aliphatic rings. The van der Waals surface area contributed by atoms with Crippen molar-refractivity contribution in [3.63, 3.8) is 0 Å². The monoisotopic (exact) mass is 297 g/mol. The summed E-state index contributed by atoms with van der Waals surface area (Å²) in [5.74, 6) is 0.570. The molecule has 1 fully saturated rings. The number of nitrogens with zero attached hydrogens (tertiary/aromatic N) is 2. The third-order valence-electron chi connectivity index (χ3n) is 4.98. The van der Waals surface area contributed by atoms with Crippen LogP contribution in [-0.2, 0) is 11.2 Å². The van der Waals surface area contributed by atoms with Crippen molar-refractivity contribution in [3.05, 3.63) is 10.0 Å². The Kier molecular flexibility index (Phi) is 4.82. The number of ether oxygens (including phenoxy) is 1. The van der Waals surface area contributed by atoms with Gasteiger partial charge in [-0.05, 0) is 23.8 Å². The lowest BCUT2D eigenvalue weighted by Crippen LogP contribution is -2.20. The molecule has 0 spiro atoms. The molecular weight excluding hydrogens is 270 g/mol. The molecule has 5 heteroatoms. The molecule has 0 saturated heterocycles. The maximum absolute atomic E-state index is 5.00. The average Bonchev–Trinajstić information content (AvgIpc) is 2.70. The summed E-state index contributed by atoms with van der Waals surface area (Å²) in [5, 5.41) is 14.5. The van der Waals surface area contributed by atoms with Gasteiger partial charge in [0.25, 0.3) is 0 Å². The van der Waals surface area contributed by atoms with E-state index in [2.05, 4.69) is 43.2 Å². The van der Waals surface area contributed by atoms with Gasteiger partial charge >= 0.3 is 0 Å². The molecule has 1 aliphatic carbocycles. The first-order valence-electron chi connectivity index (χ1n) is 7.43. The Hall–Kier alpha value is -0.520. The lowest BCUT2D eigenvalue weighted by atomic mass is 10.0. The van der Waals surface area contributed by atoms with Crippen LogP contribution in [0.15, 0.2) is 0 Å². The lowest BCUT2D eigenvalue weighted by Gasteiger charge is -2.03. The largest absolute Gasteiger partial charge is 0.383 e. The summed E-state index contributed by atoms with van der Waals surface area (Å²) in [6, 6.07) is 0. The molecule has 1 heterocycles. The van der Waals surface area contributed by atoms with E-state index in [4.69, 9.17) is 4.74 Å². The second-order valence-electron chi connectivity index (χ2n) is 6.76. The predicted molar refractivity (Wildman–Crippen MR) is 83.3 cm³/mol. The number of aromatic nitrogens is 2. The Balaban J connectivity index is 1.77.